The summed E-state index contributed by atoms with van der Waals surface area (Å²) in [5, 5.41) is 3.20. The summed E-state index contributed by atoms with van der Waals surface area (Å²) in [6.07, 6.45) is 0.847. The van der Waals surface area contributed by atoms with Crippen LogP contribution >= 0.6 is 0 Å². The third-order valence-electron chi connectivity index (χ3n) is 3.61. The van der Waals surface area contributed by atoms with Gasteiger partial charge in [-0.25, -0.2) is 4.90 Å². The van der Waals surface area contributed by atoms with Crippen molar-refractivity contribution < 1.29 is 9.59 Å². The van der Waals surface area contributed by atoms with Crippen molar-refractivity contribution in [2.24, 2.45) is 5.73 Å². The van der Waals surface area contributed by atoms with Crippen LogP contribution in [0.25, 0.3) is 0 Å². The molecule has 0 fully saturated rings. The molecule has 0 aromatic heterocycles. The highest BCUT2D eigenvalue weighted by atomic mass is 16.2. The number of carbonyl (C=O) groups is 2. The van der Waals surface area contributed by atoms with Crippen LogP contribution in [0.1, 0.15) is 27.1 Å². The Hall–Kier alpha value is -2.66. The van der Waals surface area contributed by atoms with Gasteiger partial charge in [0.25, 0.3) is 11.8 Å². The van der Waals surface area contributed by atoms with Gasteiger partial charge in [0.05, 0.1) is 16.8 Å². The summed E-state index contributed by atoms with van der Waals surface area (Å²) in [5.41, 5.74) is 7.75. The molecule has 0 bridgehead atoms. The van der Waals surface area contributed by atoms with Gasteiger partial charge < -0.3 is 11.1 Å². The summed E-state index contributed by atoms with van der Waals surface area (Å²) in [6.45, 7) is 1.34. The summed E-state index contributed by atoms with van der Waals surface area (Å²) in [6, 6.07) is 14.2. The Bertz CT molecular complexity index is 713. The zero-order chi connectivity index (χ0) is 15.5. The average molecular weight is 295 g/mol. The van der Waals surface area contributed by atoms with Gasteiger partial charge in [-0.15, -0.1) is 0 Å². The van der Waals surface area contributed by atoms with E-state index in [4.69, 9.17) is 5.73 Å². The fraction of sp³-hybridized carbons (Fsp3) is 0.176. The lowest BCUT2D eigenvalue weighted by Gasteiger charge is -2.13. The summed E-state index contributed by atoms with van der Waals surface area (Å²) in [7, 11) is 0. The molecule has 112 valence electrons. The maximum atomic E-state index is 12.5. The summed E-state index contributed by atoms with van der Waals surface area (Å²) in [4.78, 5) is 26.2. The smallest absolute Gasteiger partial charge is 0.266 e. The first-order valence-corrected chi connectivity index (χ1v) is 7.24. The van der Waals surface area contributed by atoms with Gasteiger partial charge in [0, 0.05) is 12.2 Å². The standard InChI is InChI=1S/C17H17N3O2/c18-9-4-10-19-12-7-8-14-15(11-12)17(22)20(16(14)21)13-5-2-1-3-6-13/h1-3,5-8,11,19H,4,9-10,18H2. The molecule has 0 radical (unpaired) electrons. The number of anilines is 2. The van der Waals surface area contributed by atoms with Crippen LogP contribution in [0.4, 0.5) is 11.4 Å². The van der Waals surface area contributed by atoms with E-state index in [1.165, 1.54) is 4.90 Å². The Labute approximate surface area is 128 Å². The van der Waals surface area contributed by atoms with Crippen molar-refractivity contribution in [3.8, 4) is 0 Å². The Morgan fingerprint density at radius 3 is 2.41 bits per heavy atom. The lowest BCUT2D eigenvalue weighted by Crippen LogP contribution is -2.29. The van der Waals surface area contributed by atoms with Crippen LogP contribution in [0.5, 0.6) is 0 Å². The third-order valence-corrected chi connectivity index (χ3v) is 3.61. The van der Waals surface area contributed by atoms with Crippen LogP contribution in [0.15, 0.2) is 48.5 Å². The molecule has 5 heteroatoms. The first kappa shape index (κ1) is 14.3. The van der Waals surface area contributed by atoms with Gasteiger partial charge in [-0.2, -0.15) is 0 Å². The second-order valence-electron chi connectivity index (χ2n) is 5.11. The van der Waals surface area contributed by atoms with E-state index in [0.717, 1.165) is 18.7 Å². The molecule has 1 aliphatic heterocycles. The number of hydrogen-bond donors (Lipinski definition) is 2. The van der Waals surface area contributed by atoms with E-state index in [1.807, 2.05) is 12.1 Å². The SMILES string of the molecule is NCCCNc1ccc2c(c1)C(=O)N(c1ccccc1)C2=O. The maximum absolute atomic E-state index is 12.5. The van der Waals surface area contributed by atoms with Crippen molar-refractivity contribution in [1.29, 1.82) is 0 Å². The summed E-state index contributed by atoms with van der Waals surface area (Å²) >= 11 is 0. The van der Waals surface area contributed by atoms with Crippen molar-refractivity contribution in [3.63, 3.8) is 0 Å². The predicted molar refractivity (Wildman–Crippen MR) is 86.2 cm³/mol. The minimum Gasteiger partial charge on any atom is -0.385 e. The van der Waals surface area contributed by atoms with Crippen LogP contribution < -0.4 is 16.0 Å². The number of nitrogens with zero attached hydrogens (tertiary/aromatic N) is 1. The first-order chi connectivity index (χ1) is 10.7. The molecule has 2 aromatic carbocycles. The predicted octanol–water partition coefficient (Wildman–Crippen LogP) is 2.25. The molecular formula is C17H17N3O2. The molecule has 0 atom stereocenters. The van der Waals surface area contributed by atoms with Crippen molar-refractivity contribution in [2.45, 2.75) is 6.42 Å². The minimum atomic E-state index is -0.284. The molecule has 0 unspecified atom stereocenters. The van der Waals surface area contributed by atoms with Gasteiger partial charge in [0.2, 0.25) is 0 Å². The molecule has 0 spiro atoms. The Morgan fingerprint density at radius 2 is 1.68 bits per heavy atom. The average Bonchev–Trinajstić information content (AvgIpc) is 2.80. The van der Waals surface area contributed by atoms with Crippen molar-refractivity contribution in [1.82, 2.24) is 0 Å². The molecule has 0 saturated carbocycles. The Morgan fingerprint density at radius 1 is 0.955 bits per heavy atom. The van der Waals surface area contributed by atoms with Crippen LogP contribution in [0, 0.1) is 0 Å². The van der Waals surface area contributed by atoms with Crippen molar-refractivity contribution in [2.75, 3.05) is 23.3 Å². The van der Waals surface area contributed by atoms with E-state index in [0.29, 0.717) is 23.4 Å². The number of amides is 2. The van der Waals surface area contributed by atoms with Gasteiger partial charge in [-0.3, -0.25) is 9.59 Å². The van der Waals surface area contributed by atoms with Crippen LogP contribution in [0.2, 0.25) is 0 Å². The van der Waals surface area contributed by atoms with Crippen LogP contribution in [0.3, 0.4) is 0 Å². The highest BCUT2D eigenvalue weighted by Crippen LogP contribution is 2.29. The number of fused-ring (bicyclic) bond motifs is 1. The van der Waals surface area contributed by atoms with E-state index in [-0.39, 0.29) is 11.8 Å². The highest BCUT2D eigenvalue weighted by molar-refractivity contribution is 6.34. The first-order valence-electron chi connectivity index (χ1n) is 7.24. The Balaban J connectivity index is 1.89. The molecular weight excluding hydrogens is 278 g/mol. The molecule has 5 nitrogen and oxygen atoms in total. The quantitative estimate of drug-likeness (QED) is 0.655. The number of hydrogen-bond acceptors (Lipinski definition) is 4. The van der Waals surface area contributed by atoms with Crippen LogP contribution in [-0.4, -0.2) is 24.9 Å². The second kappa shape index (κ2) is 5.99. The third kappa shape index (κ3) is 2.46. The lowest BCUT2D eigenvalue weighted by atomic mass is 10.1. The summed E-state index contributed by atoms with van der Waals surface area (Å²) in [5.74, 6) is -0.562. The molecule has 0 saturated heterocycles. The number of nitrogens with one attached hydrogen (secondary N) is 1. The van der Waals surface area contributed by atoms with Gasteiger partial charge in [0.15, 0.2) is 0 Å². The monoisotopic (exact) mass is 295 g/mol. The summed E-state index contributed by atoms with van der Waals surface area (Å²) < 4.78 is 0. The van der Waals surface area contributed by atoms with E-state index in [2.05, 4.69) is 5.32 Å². The highest BCUT2D eigenvalue weighted by Gasteiger charge is 2.36. The van der Waals surface area contributed by atoms with Gasteiger partial charge in [0.1, 0.15) is 0 Å². The van der Waals surface area contributed by atoms with Crippen molar-refractivity contribution in [3.05, 3.63) is 59.7 Å². The minimum absolute atomic E-state index is 0.278. The normalized spacial score (nSPS) is 13.4. The Kier molecular flexibility index (Phi) is 3.89. The molecule has 1 aliphatic rings. The molecule has 3 rings (SSSR count). The van der Waals surface area contributed by atoms with Gasteiger partial charge in [-0.1, -0.05) is 18.2 Å². The molecule has 2 amide bonds. The van der Waals surface area contributed by atoms with E-state index < -0.39 is 0 Å². The maximum Gasteiger partial charge on any atom is 0.266 e. The van der Waals surface area contributed by atoms with Crippen LogP contribution in [-0.2, 0) is 0 Å². The second-order valence-corrected chi connectivity index (χ2v) is 5.11. The molecule has 1 heterocycles. The number of benzene rings is 2. The zero-order valence-electron chi connectivity index (χ0n) is 12.1. The van der Waals surface area contributed by atoms with Crippen molar-refractivity contribution >= 4 is 23.2 Å². The number of imide groups is 1. The van der Waals surface area contributed by atoms with E-state index in [9.17, 15) is 9.59 Å². The molecule has 0 aliphatic carbocycles. The molecule has 3 N–H and O–H groups in total. The fourth-order valence-electron chi connectivity index (χ4n) is 2.50. The van der Waals surface area contributed by atoms with Gasteiger partial charge >= 0.3 is 0 Å². The van der Waals surface area contributed by atoms with E-state index in [1.54, 1.807) is 36.4 Å². The number of carbonyl (C=O) groups excluding carboxylic acids is 2. The largest absolute Gasteiger partial charge is 0.385 e. The van der Waals surface area contributed by atoms with Gasteiger partial charge in [-0.05, 0) is 43.3 Å². The zero-order valence-corrected chi connectivity index (χ0v) is 12.1. The molecule has 2 aromatic rings. The number of para-hydroxylation sites is 1. The number of nitrogens with two attached hydrogens (primary N) is 1. The lowest BCUT2D eigenvalue weighted by molar-refractivity contribution is 0.0926. The topological polar surface area (TPSA) is 75.4 Å². The molecule has 22 heavy (non-hydrogen) atoms. The number of rotatable bonds is 5. The fourth-order valence-corrected chi connectivity index (χ4v) is 2.50. The van der Waals surface area contributed by atoms with E-state index >= 15 is 0 Å².